The summed E-state index contributed by atoms with van der Waals surface area (Å²) >= 11 is 1.20. The van der Waals surface area contributed by atoms with Gasteiger partial charge in [0.05, 0.1) is 43.0 Å². The normalized spacial score (nSPS) is 26.5. The number of nitrogens with one attached hydrogen (secondary N) is 1. The third kappa shape index (κ3) is 6.92. The Labute approximate surface area is 247 Å². The smallest absolute Gasteiger partial charge is 0.381 e. The second kappa shape index (κ2) is 12.0. The molecule has 4 fully saturated rings. The molecule has 10 nitrogen and oxygen atoms in total. The molecular formula is C28H39F3N4O6S. The van der Waals surface area contributed by atoms with E-state index in [1.165, 1.54) is 17.5 Å². The number of thiazole rings is 1. The second-order valence-corrected chi connectivity index (χ2v) is 13.8. The van der Waals surface area contributed by atoms with Crippen LogP contribution in [0.25, 0.3) is 0 Å². The molecule has 42 heavy (non-hydrogen) atoms. The molecule has 0 unspecified atom stereocenters. The quantitative estimate of drug-likeness (QED) is 0.431. The minimum absolute atomic E-state index is 0.0450. The first kappa shape index (κ1) is 31.1. The molecule has 3 amide bonds. The lowest BCUT2D eigenvalue weighted by Gasteiger charge is -2.50. The highest BCUT2D eigenvalue weighted by atomic mass is 32.1. The monoisotopic (exact) mass is 616 g/mol. The molecule has 1 N–H and O–H groups in total. The largest absolute Gasteiger partial charge is 0.522 e. The van der Waals surface area contributed by atoms with E-state index in [-0.39, 0.29) is 42.2 Å². The lowest BCUT2D eigenvalue weighted by molar-refractivity contribution is -0.327. The Morgan fingerprint density at radius 3 is 2.43 bits per heavy atom. The van der Waals surface area contributed by atoms with Crippen molar-refractivity contribution in [3.63, 3.8) is 0 Å². The maximum atomic E-state index is 13.8. The molecule has 3 aliphatic heterocycles. The average molecular weight is 617 g/mol. The molecule has 14 heteroatoms. The Balaban J connectivity index is 1.29. The molecule has 0 bridgehead atoms. The van der Waals surface area contributed by atoms with E-state index < -0.39 is 42.4 Å². The summed E-state index contributed by atoms with van der Waals surface area (Å²) in [5.74, 6) is -1.25. The molecule has 0 aromatic carbocycles. The number of alkyl halides is 3. The highest BCUT2D eigenvalue weighted by Crippen LogP contribution is 2.54. The van der Waals surface area contributed by atoms with E-state index in [1.807, 2.05) is 13.8 Å². The van der Waals surface area contributed by atoms with Crippen LogP contribution in [0.5, 0.6) is 0 Å². The van der Waals surface area contributed by atoms with Crippen LogP contribution in [-0.2, 0) is 23.8 Å². The van der Waals surface area contributed by atoms with E-state index in [4.69, 9.17) is 9.47 Å². The topological polar surface area (TPSA) is 110 Å². The molecule has 234 valence electrons. The van der Waals surface area contributed by atoms with Crippen molar-refractivity contribution in [2.24, 2.45) is 28.6 Å². The number of halogens is 3. The van der Waals surface area contributed by atoms with Crippen molar-refractivity contribution in [3.8, 4) is 0 Å². The molecule has 1 spiro atoms. The zero-order valence-electron chi connectivity index (χ0n) is 24.2. The maximum absolute atomic E-state index is 13.8. The van der Waals surface area contributed by atoms with E-state index >= 15 is 0 Å². The van der Waals surface area contributed by atoms with Crippen molar-refractivity contribution < 1.29 is 41.8 Å². The van der Waals surface area contributed by atoms with Gasteiger partial charge in [-0.3, -0.25) is 24.1 Å². The van der Waals surface area contributed by atoms with Crippen LogP contribution >= 0.6 is 11.3 Å². The van der Waals surface area contributed by atoms with Crippen LogP contribution in [0.1, 0.15) is 49.7 Å². The van der Waals surface area contributed by atoms with Gasteiger partial charge in [0.15, 0.2) is 0 Å². The summed E-state index contributed by atoms with van der Waals surface area (Å²) in [6.45, 7) is 7.41. The maximum Gasteiger partial charge on any atom is 0.522 e. The van der Waals surface area contributed by atoms with Gasteiger partial charge in [-0.2, -0.15) is 0 Å². The fraction of sp³-hybridized carbons (Fsp3) is 0.786. The number of carbonyl (C=O) groups is 3. The highest BCUT2D eigenvalue weighted by Gasteiger charge is 2.62. The summed E-state index contributed by atoms with van der Waals surface area (Å²) in [7, 11) is 0. The summed E-state index contributed by atoms with van der Waals surface area (Å²) in [5, 5.41) is 2.76. The molecule has 4 atom stereocenters. The highest BCUT2D eigenvalue weighted by molar-refractivity contribution is 7.11. The molecule has 1 aromatic rings. The number of aromatic nitrogens is 1. The summed E-state index contributed by atoms with van der Waals surface area (Å²) in [4.78, 5) is 47.8. The zero-order valence-corrected chi connectivity index (χ0v) is 25.0. The zero-order chi connectivity index (χ0) is 30.3. The van der Waals surface area contributed by atoms with Gasteiger partial charge in [0, 0.05) is 50.7 Å². The Bertz CT molecular complexity index is 1140. The fourth-order valence-electron chi connectivity index (χ4n) is 6.34. The predicted molar refractivity (Wildman–Crippen MR) is 145 cm³/mol. The summed E-state index contributed by atoms with van der Waals surface area (Å²) in [6, 6.07) is -1.08. The van der Waals surface area contributed by atoms with Crippen molar-refractivity contribution in [2.45, 2.75) is 58.5 Å². The van der Waals surface area contributed by atoms with E-state index in [9.17, 15) is 27.6 Å². The Kier molecular flexibility index (Phi) is 8.90. The molecule has 5 rings (SSSR count). The van der Waals surface area contributed by atoms with Crippen LogP contribution in [-0.4, -0.2) is 104 Å². The van der Waals surface area contributed by atoms with Crippen molar-refractivity contribution in [1.82, 2.24) is 20.1 Å². The fourth-order valence-corrected chi connectivity index (χ4v) is 6.93. The Morgan fingerprint density at radius 1 is 1.17 bits per heavy atom. The van der Waals surface area contributed by atoms with Crippen LogP contribution in [0.4, 0.5) is 13.2 Å². The van der Waals surface area contributed by atoms with Crippen LogP contribution in [0.2, 0.25) is 0 Å². The van der Waals surface area contributed by atoms with Gasteiger partial charge < -0.3 is 24.6 Å². The van der Waals surface area contributed by atoms with Crippen molar-refractivity contribution in [3.05, 3.63) is 16.6 Å². The minimum Gasteiger partial charge on any atom is -0.381 e. The van der Waals surface area contributed by atoms with Gasteiger partial charge in [-0.25, -0.2) is 0 Å². The van der Waals surface area contributed by atoms with Crippen molar-refractivity contribution in [1.29, 1.82) is 0 Å². The number of hydrogen-bond acceptors (Lipinski definition) is 8. The van der Waals surface area contributed by atoms with Crippen LogP contribution < -0.4 is 5.32 Å². The Hall–Kier alpha value is -2.29. The van der Waals surface area contributed by atoms with Gasteiger partial charge >= 0.3 is 6.36 Å². The lowest BCUT2D eigenvalue weighted by atomic mass is 9.70. The number of carbonyl (C=O) groups excluding carboxylic acids is 3. The summed E-state index contributed by atoms with van der Waals surface area (Å²) in [5.41, 5.74) is 0.811. The standard InChI is InChI=1S/C28H39F3N4O6S/c1-17(40-11-18-4-6-39-7-5-18)21(12-41-28(29,30)31)33-23(36)20-10-34(25(38)22-9-32-16-42-22)13-27(20)14-35(15-27)24(37)19-8-26(19,2)3/h9,16-21H,4-8,10-15H2,1-3H3,(H,33,36)/t17-,19-,20+,21-/m1/s1. The molecule has 0 radical (unpaired) electrons. The van der Waals surface area contributed by atoms with Gasteiger partial charge in [0.2, 0.25) is 11.8 Å². The van der Waals surface area contributed by atoms with Crippen LogP contribution in [0.3, 0.4) is 0 Å². The molecule has 4 aliphatic rings. The lowest BCUT2D eigenvalue weighted by Crippen LogP contribution is -2.65. The van der Waals surface area contributed by atoms with Gasteiger partial charge in [0.25, 0.3) is 5.91 Å². The van der Waals surface area contributed by atoms with Gasteiger partial charge in [-0.05, 0) is 37.5 Å². The number of rotatable bonds is 10. The van der Waals surface area contributed by atoms with E-state index in [1.54, 1.807) is 22.2 Å². The third-order valence-corrected chi connectivity index (χ3v) is 10.0. The molecule has 1 aromatic heterocycles. The first-order valence-electron chi connectivity index (χ1n) is 14.4. The SMILES string of the molecule is C[C@@H](OCC1CCOCC1)[C@@H](COC(F)(F)F)NC(=O)[C@@H]1CN(C(=O)c2cncs2)CC12CN(C(=O)[C@H]1CC1(C)C)C2. The van der Waals surface area contributed by atoms with Crippen molar-refractivity contribution in [2.75, 3.05) is 52.6 Å². The summed E-state index contributed by atoms with van der Waals surface area (Å²) in [6.07, 6.45) is -1.76. The number of ether oxygens (including phenoxy) is 3. The average Bonchev–Trinajstić information content (AvgIpc) is 3.30. The second-order valence-electron chi connectivity index (χ2n) is 12.9. The Morgan fingerprint density at radius 2 is 1.83 bits per heavy atom. The van der Waals surface area contributed by atoms with Crippen LogP contribution in [0.15, 0.2) is 11.7 Å². The first-order chi connectivity index (χ1) is 19.8. The molecule has 4 heterocycles. The number of nitrogens with zero attached hydrogens (tertiary/aromatic N) is 3. The first-order valence-corrected chi connectivity index (χ1v) is 15.3. The number of likely N-dealkylation sites (tertiary alicyclic amines) is 2. The number of hydrogen-bond donors (Lipinski definition) is 1. The van der Waals surface area contributed by atoms with Gasteiger partial charge in [-0.1, -0.05) is 13.8 Å². The van der Waals surface area contributed by atoms with E-state index in [0.29, 0.717) is 37.8 Å². The molecule has 1 aliphatic carbocycles. The minimum atomic E-state index is -4.87. The van der Waals surface area contributed by atoms with Crippen molar-refractivity contribution >= 4 is 29.1 Å². The molecule has 1 saturated carbocycles. The third-order valence-electron chi connectivity index (χ3n) is 9.29. The van der Waals surface area contributed by atoms with E-state index in [2.05, 4.69) is 15.0 Å². The van der Waals surface area contributed by atoms with Gasteiger partial charge in [0.1, 0.15) is 4.88 Å². The van der Waals surface area contributed by atoms with E-state index in [0.717, 1.165) is 19.3 Å². The number of amides is 3. The molecule has 3 saturated heterocycles. The van der Waals surface area contributed by atoms with Crippen LogP contribution in [0, 0.1) is 28.6 Å². The predicted octanol–water partition coefficient (Wildman–Crippen LogP) is 2.94. The van der Waals surface area contributed by atoms with Gasteiger partial charge in [-0.15, -0.1) is 24.5 Å². The summed E-state index contributed by atoms with van der Waals surface area (Å²) < 4.78 is 54.5. The molecular weight excluding hydrogens is 577 g/mol.